The highest BCUT2D eigenvalue weighted by Gasteiger charge is 2.18. The summed E-state index contributed by atoms with van der Waals surface area (Å²) < 4.78 is 21.8. The molecular formula is C9H17O3P. The van der Waals surface area contributed by atoms with Gasteiger partial charge in [-0.2, -0.15) is 0 Å². The second-order valence-corrected chi connectivity index (χ2v) is 4.43. The van der Waals surface area contributed by atoms with Gasteiger partial charge in [-0.15, -0.1) is 0 Å². The van der Waals surface area contributed by atoms with Crippen LogP contribution in [-0.2, 0) is 13.6 Å². The predicted octanol–water partition coefficient (Wildman–Crippen LogP) is 3.34. The molecule has 0 spiro atoms. The van der Waals surface area contributed by atoms with Crippen molar-refractivity contribution >= 4 is 7.60 Å². The maximum absolute atomic E-state index is 11.7. The average molecular weight is 204 g/mol. The minimum atomic E-state index is -3.01. The van der Waals surface area contributed by atoms with Crippen LogP contribution in [0.2, 0.25) is 0 Å². The van der Waals surface area contributed by atoms with E-state index in [4.69, 9.17) is 9.05 Å². The van der Waals surface area contributed by atoms with Gasteiger partial charge in [0.1, 0.15) is 0 Å². The van der Waals surface area contributed by atoms with Crippen LogP contribution in [0.3, 0.4) is 0 Å². The summed E-state index contributed by atoms with van der Waals surface area (Å²) in [6.07, 6.45) is 1.64. The molecule has 0 atom stereocenters. The van der Waals surface area contributed by atoms with Crippen LogP contribution in [0.25, 0.3) is 0 Å². The molecule has 0 unspecified atom stereocenters. The van der Waals surface area contributed by atoms with E-state index in [9.17, 15) is 4.57 Å². The Balaban J connectivity index is 4.40. The van der Waals surface area contributed by atoms with E-state index in [0.717, 1.165) is 5.57 Å². The normalized spacial score (nSPS) is 12.2. The van der Waals surface area contributed by atoms with E-state index in [2.05, 4.69) is 6.58 Å². The van der Waals surface area contributed by atoms with Crippen molar-refractivity contribution in [3.05, 3.63) is 24.0 Å². The fourth-order valence-corrected chi connectivity index (χ4v) is 2.11. The summed E-state index contributed by atoms with van der Waals surface area (Å²) in [5, 5.41) is 0. The summed E-state index contributed by atoms with van der Waals surface area (Å²) >= 11 is 0. The Morgan fingerprint density at radius 3 is 2.15 bits per heavy atom. The lowest BCUT2D eigenvalue weighted by Crippen LogP contribution is -1.92. The Labute approximate surface area is 80.0 Å². The minimum Gasteiger partial charge on any atom is -0.306 e. The van der Waals surface area contributed by atoms with Gasteiger partial charge in [-0.25, -0.2) is 0 Å². The van der Waals surface area contributed by atoms with Crippen LogP contribution >= 0.6 is 7.60 Å². The zero-order valence-electron chi connectivity index (χ0n) is 8.45. The number of hydrogen-bond acceptors (Lipinski definition) is 3. The molecule has 0 aromatic rings. The minimum absolute atomic E-state index is 0.373. The predicted molar refractivity (Wildman–Crippen MR) is 54.8 cm³/mol. The van der Waals surface area contributed by atoms with E-state index >= 15 is 0 Å². The molecule has 4 heteroatoms. The van der Waals surface area contributed by atoms with Gasteiger partial charge in [-0.1, -0.05) is 18.2 Å². The van der Waals surface area contributed by atoms with E-state index < -0.39 is 7.60 Å². The van der Waals surface area contributed by atoms with Gasteiger partial charge < -0.3 is 9.05 Å². The first-order valence-electron chi connectivity index (χ1n) is 4.27. The van der Waals surface area contributed by atoms with E-state index in [-0.39, 0.29) is 0 Å². The van der Waals surface area contributed by atoms with Crippen LogP contribution in [0, 0.1) is 0 Å². The van der Waals surface area contributed by atoms with Crippen LogP contribution in [0.4, 0.5) is 0 Å². The van der Waals surface area contributed by atoms with Crippen molar-refractivity contribution in [2.24, 2.45) is 0 Å². The van der Waals surface area contributed by atoms with Crippen molar-refractivity contribution in [3.63, 3.8) is 0 Å². The van der Waals surface area contributed by atoms with Crippen molar-refractivity contribution in [3.8, 4) is 0 Å². The summed E-state index contributed by atoms with van der Waals surface area (Å²) in [5.74, 6) is 1.45. The zero-order valence-corrected chi connectivity index (χ0v) is 9.34. The molecule has 0 bridgehead atoms. The van der Waals surface area contributed by atoms with E-state index in [0.29, 0.717) is 13.2 Å². The van der Waals surface area contributed by atoms with Crippen molar-refractivity contribution < 1.29 is 13.6 Å². The fourth-order valence-electron chi connectivity index (χ4n) is 0.702. The summed E-state index contributed by atoms with van der Waals surface area (Å²) in [7, 11) is -3.01. The van der Waals surface area contributed by atoms with Crippen molar-refractivity contribution in [2.75, 3.05) is 13.2 Å². The Hall–Kier alpha value is -0.370. The van der Waals surface area contributed by atoms with Crippen molar-refractivity contribution in [1.29, 1.82) is 0 Å². The summed E-state index contributed by atoms with van der Waals surface area (Å²) in [6.45, 7) is 9.78. The molecule has 0 saturated carbocycles. The molecule has 0 aliphatic carbocycles. The number of rotatable bonds is 6. The third-order valence-corrected chi connectivity index (χ3v) is 2.91. The quantitative estimate of drug-likeness (QED) is 0.491. The third kappa shape index (κ3) is 5.81. The second kappa shape index (κ2) is 6.14. The lowest BCUT2D eigenvalue weighted by molar-refractivity contribution is 0.229. The first-order valence-corrected chi connectivity index (χ1v) is 5.88. The molecular weight excluding hydrogens is 187 g/mol. The summed E-state index contributed by atoms with van der Waals surface area (Å²) in [6, 6.07) is 0. The maximum atomic E-state index is 11.7. The molecule has 0 saturated heterocycles. The fraction of sp³-hybridized carbons (Fsp3) is 0.556. The lowest BCUT2D eigenvalue weighted by atomic mass is 10.4. The van der Waals surface area contributed by atoms with Crippen molar-refractivity contribution in [2.45, 2.75) is 20.8 Å². The molecule has 0 amide bonds. The molecule has 13 heavy (non-hydrogen) atoms. The molecule has 0 aliphatic heterocycles. The average Bonchev–Trinajstić information content (AvgIpc) is 2.02. The first-order chi connectivity index (χ1) is 6.04. The molecule has 0 rings (SSSR count). The van der Waals surface area contributed by atoms with Gasteiger partial charge >= 0.3 is 7.60 Å². The van der Waals surface area contributed by atoms with Crippen molar-refractivity contribution in [1.82, 2.24) is 0 Å². The highest BCUT2D eigenvalue weighted by atomic mass is 31.2. The standard InChI is InChI=1S/C9H17O3P/c1-5-11-13(10,12-6-2)8-7-9(3)4/h7-8H,3,5-6H2,1-2,4H3/b8-7+. The van der Waals surface area contributed by atoms with E-state index in [1.165, 1.54) is 5.82 Å². The highest BCUT2D eigenvalue weighted by molar-refractivity contribution is 7.57. The zero-order chi connectivity index (χ0) is 10.3. The monoisotopic (exact) mass is 204 g/mol. The third-order valence-electron chi connectivity index (χ3n) is 1.16. The summed E-state index contributed by atoms with van der Waals surface area (Å²) in [4.78, 5) is 0. The van der Waals surface area contributed by atoms with Gasteiger partial charge in [0.15, 0.2) is 0 Å². The second-order valence-electron chi connectivity index (χ2n) is 2.54. The van der Waals surface area contributed by atoms with Crippen LogP contribution in [0.15, 0.2) is 24.0 Å². The molecule has 76 valence electrons. The number of hydrogen-bond donors (Lipinski definition) is 0. The van der Waals surface area contributed by atoms with Crippen LogP contribution in [-0.4, -0.2) is 13.2 Å². The van der Waals surface area contributed by atoms with E-state index in [1.54, 1.807) is 19.9 Å². The Morgan fingerprint density at radius 2 is 1.85 bits per heavy atom. The molecule has 0 N–H and O–H groups in total. The number of allylic oxidation sites excluding steroid dienone is 2. The Bertz CT molecular complexity index is 223. The van der Waals surface area contributed by atoms with Gasteiger partial charge in [0.25, 0.3) is 0 Å². The van der Waals surface area contributed by atoms with Gasteiger partial charge in [-0.3, -0.25) is 4.57 Å². The lowest BCUT2D eigenvalue weighted by Gasteiger charge is -2.12. The van der Waals surface area contributed by atoms with E-state index in [1.807, 2.05) is 6.92 Å². The molecule has 0 aliphatic rings. The molecule has 0 heterocycles. The maximum Gasteiger partial charge on any atom is 0.354 e. The van der Waals surface area contributed by atoms with Gasteiger partial charge in [-0.05, 0) is 20.8 Å². The highest BCUT2D eigenvalue weighted by Crippen LogP contribution is 2.49. The molecule has 3 nitrogen and oxygen atoms in total. The Morgan fingerprint density at radius 1 is 1.38 bits per heavy atom. The molecule has 0 radical (unpaired) electrons. The molecule has 0 fully saturated rings. The largest absolute Gasteiger partial charge is 0.354 e. The van der Waals surface area contributed by atoms with Gasteiger partial charge in [0.2, 0.25) is 0 Å². The topological polar surface area (TPSA) is 35.5 Å². The SMILES string of the molecule is C=C(C)/C=C/P(=O)(OCC)OCC. The van der Waals surface area contributed by atoms with Crippen LogP contribution in [0.5, 0.6) is 0 Å². The van der Waals surface area contributed by atoms with Crippen LogP contribution in [0.1, 0.15) is 20.8 Å². The molecule has 0 aromatic heterocycles. The van der Waals surface area contributed by atoms with Gasteiger partial charge in [0.05, 0.1) is 13.2 Å². The smallest absolute Gasteiger partial charge is 0.306 e. The summed E-state index contributed by atoms with van der Waals surface area (Å²) in [5.41, 5.74) is 0.819. The van der Waals surface area contributed by atoms with Crippen LogP contribution < -0.4 is 0 Å². The van der Waals surface area contributed by atoms with Gasteiger partial charge in [0, 0.05) is 5.82 Å². The first kappa shape index (κ1) is 12.6. The molecule has 0 aromatic carbocycles. The Kier molecular flexibility index (Phi) is 5.97.